The van der Waals surface area contributed by atoms with Gasteiger partial charge in [0.15, 0.2) is 17.3 Å². The molecule has 0 atom stereocenters. The van der Waals surface area contributed by atoms with Crippen molar-refractivity contribution in [2.75, 3.05) is 7.11 Å². The molecule has 0 amide bonds. The van der Waals surface area contributed by atoms with Crippen molar-refractivity contribution in [2.24, 2.45) is 0 Å². The Morgan fingerprint density at radius 3 is 2.58 bits per heavy atom. The van der Waals surface area contributed by atoms with Crippen molar-refractivity contribution in [1.82, 2.24) is 0 Å². The molecule has 3 nitrogen and oxygen atoms in total. The number of aryl methyl sites for hydroxylation is 1. The average Bonchev–Trinajstić information content (AvgIpc) is 2.46. The quantitative estimate of drug-likeness (QED) is 0.835. The Morgan fingerprint density at radius 2 is 1.89 bits per heavy atom. The maximum Gasteiger partial charge on any atom is 0.163 e. The van der Waals surface area contributed by atoms with Crippen LogP contribution in [0.3, 0.4) is 0 Å². The highest BCUT2D eigenvalue weighted by Gasteiger charge is 2.09. The summed E-state index contributed by atoms with van der Waals surface area (Å²) in [5, 5.41) is 9.49. The smallest absolute Gasteiger partial charge is 0.163 e. The summed E-state index contributed by atoms with van der Waals surface area (Å²) in [5.41, 5.74) is 1.70. The lowest BCUT2D eigenvalue weighted by Gasteiger charge is -2.06. The largest absolute Gasteiger partial charge is 0.504 e. The number of phenols is 1. The minimum atomic E-state index is 0.0436. The number of rotatable bonds is 5. The van der Waals surface area contributed by atoms with Gasteiger partial charge in [-0.15, -0.1) is 0 Å². The fourth-order valence-corrected chi connectivity index (χ4v) is 1.90. The number of hydrogen-bond acceptors (Lipinski definition) is 3. The SMILES string of the molecule is COc1cc(C(=O)CCc2ccccc2)ccc1O. The number of Topliss-reactive ketones (excluding diaryl/α,β-unsaturated/α-hetero) is 1. The average molecular weight is 256 g/mol. The third-order valence-electron chi connectivity index (χ3n) is 2.99. The lowest BCUT2D eigenvalue weighted by molar-refractivity contribution is 0.0982. The van der Waals surface area contributed by atoms with Crippen LogP contribution >= 0.6 is 0 Å². The molecule has 0 radical (unpaired) electrons. The second kappa shape index (κ2) is 6.05. The number of carbonyl (C=O) groups is 1. The molecule has 2 aromatic rings. The van der Waals surface area contributed by atoms with Crippen molar-refractivity contribution in [1.29, 1.82) is 0 Å². The Labute approximate surface area is 112 Å². The monoisotopic (exact) mass is 256 g/mol. The number of ether oxygens (including phenoxy) is 1. The van der Waals surface area contributed by atoms with Crippen molar-refractivity contribution < 1.29 is 14.6 Å². The van der Waals surface area contributed by atoms with Gasteiger partial charge >= 0.3 is 0 Å². The van der Waals surface area contributed by atoms with E-state index in [-0.39, 0.29) is 11.5 Å². The van der Waals surface area contributed by atoms with Gasteiger partial charge in [0.25, 0.3) is 0 Å². The number of hydrogen-bond donors (Lipinski definition) is 1. The zero-order chi connectivity index (χ0) is 13.7. The van der Waals surface area contributed by atoms with Gasteiger partial charge in [-0.25, -0.2) is 0 Å². The van der Waals surface area contributed by atoms with Crippen molar-refractivity contribution in [3.8, 4) is 11.5 Å². The summed E-state index contributed by atoms with van der Waals surface area (Å²) >= 11 is 0. The highest BCUT2D eigenvalue weighted by molar-refractivity contribution is 5.96. The first kappa shape index (κ1) is 13.1. The topological polar surface area (TPSA) is 46.5 Å². The molecule has 0 saturated heterocycles. The molecule has 0 fully saturated rings. The van der Waals surface area contributed by atoms with Crippen LogP contribution in [0.15, 0.2) is 48.5 Å². The van der Waals surface area contributed by atoms with Crippen molar-refractivity contribution in [3.05, 3.63) is 59.7 Å². The molecular formula is C16H16O3. The number of carbonyl (C=O) groups excluding carboxylic acids is 1. The van der Waals surface area contributed by atoms with Gasteiger partial charge in [0.1, 0.15) is 0 Å². The third kappa shape index (κ3) is 3.35. The van der Waals surface area contributed by atoms with Crippen LogP contribution in [0.5, 0.6) is 11.5 Å². The zero-order valence-corrected chi connectivity index (χ0v) is 10.8. The molecule has 1 N–H and O–H groups in total. The standard InChI is InChI=1S/C16H16O3/c1-19-16-11-13(8-10-15(16)18)14(17)9-7-12-5-3-2-4-6-12/h2-6,8,10-11,18H,7,9H2,1H3. The van der Waals surface area contributed by atoms with E-state index < -0.39 is 0 Å². The van der Waals surface area contributed by atoms with E-state index in [1.165, 1.54) is 13.2 Å². The van der Waals surface area contributed by atoms with E-state index in [1.807, 2.05) is 30.3 Å². The maximum absolute atomic E-state index is 12.1. The highest BCUT2D eigenvalue weighted by atomic mass is 16.5. The highest BCUT2D eigenvalue weighted by Crippen LogP contribution is 2.26. The molecule has 0 aliphatic carbocycles. The summed E-state index contributed by atoms with van der Waals surface area (Å²) in [4.78, 5) is 12.1. The second-order valence-electron chi connectivity index (χ2n) is 4.30. The molecule has 0 aliphatic heterocycles. The summed E-state index contributed by atoms with van der Waals surface area (Å²) < 4.78 is 5.00. The van der Waals surface area contributed by atoms with Crippen LogP contribution in [0.2, 0.25) is 0 Å². The summed E-state index contributed by atoms with van der Waals surface area (Å²) in [5.74, 6) is 0.412. The molecule has 0 unspecified atom stereocenters. The van der Waals surface area contributed by atoms with E-state index in [2.05, 4.69) is 0 Å². The minimum Gasteiger partial charge on any atom is -0.504 e. The van der Waals surface area contributed by atoms with E-state index >= 15 is 0 Å². The molecule has 0 bridgehead atoms. The Bertz CT molecular complexity index is 561. The molecule has 2 aromatic carbocycles. The number of aromatic hydroxyl groups is 1. The van der Waals surface area contributed by atoms with Gasteiger partial charge in [0, 0.05) is 12.0 Å². The molecule has 2 rings (SSSR count). The predicted octanol–water partition coefficient (Wildman–Crippen LogP) is 3.22. The van der Waals surface area contributed by atoms with Crippen LogP contribution < -0.4 is 4.74 Å². The van der Waals surface area contributed by atoms with Gasteiger partial charge in [-0.3, -0.25) is 4.79 Å². The Hall–Kier alpha value is -2.29. The molecule has 0 heterocycles. The van der Waals surface area contributed by atoms with Crippen molar-refractivity contribution in [3.63, 3.8) is 0 Å². The van der Waals surface area contributed by atoms with E-state index in [9.17, 15) is 9.90 Å². The Kier molecular flexibility index (Phi) is 4.18. The van der Waals surface area contributed by atoms with Gasteiger partial charge in [-0.1, -0.05) is 30.3 Å². The molecule has 19 heavy (non-hydrogen) atoms. The fraction of sp³-hybridized carbons (Fsp3) is 0.188. The number of benzene rings is 2. The molecule has 3 heteroatoms. The summed E-state index contributed by atoms with van der Waals surface area (Å²) in [7, 11) is 1.47. The lowest BCUT2D eigenvalue weighted by atomic mass is 10.0. The van der Waals surface area contributed by atoms with Crippen LogP contribution in [-0.2, 0) is 6.42 Å². The van der Waals surface area contributed by atoms with E-state index in [1.54, 1.807) is 12.1 Å². The van der Waals surface area contributed by atoms with Gasteiger partial charge < -0.3 is 9.84 Å². The molecule has 0 aliphatic rings. The van der Waals surface area contributed by atoms with E-state index in [4.69, 9.17) is 4.74 Å². The lowest BCUT2D eigenvalue weighted by Crippen LogP contribution is -2.01. The van der Waals surface area contributed by atoms with Crippen LogP contribution in [0, 0.1) is 0 Å². The first-order valence-electron chi connectivity index (χ1n) is 6.15. The molecule has 0 aromatic heterocycles. The van der Waals surface area contributed by atoms with Crippen LogP contribution in [0.25, 0.3) is 0 Å². The van der Waals surface area contributed by atoms with Crippen LogP contribution in [-0.4, -0.2) is 18.0 Å². The Balaban J connectivity index is 2.04. The molecule has 0 spiro atoms. The number of phenolic OH excluding ortho intramolecular Hbond substituents is 1. The summed E-state index contributed by atoms with van der Waals surface area (Å²) in [6.07, 6.45) is 1.15. The second-order valence-corrected chi connectivity index (χ2v) is 4.30. The van der Waals surface area contributed by atoms with Crippen molar-refractivity contribution >= 4 is 5.78 Å². The number of ketones is 1. The zero-order valence-electron chi connectivity index (χ0n) is 10.8. The van der Waals surface area contributed by atoms with Crippen LogP contribution in [0.1, 0.15) is 22.3 Å². The predicted molar refractivity (Wildman–Crippen MR) is 73.8 cm³/mol. The van der Waals surface area contributed by atoms with E-state index in [0.29, 0.717) is 24.2 Å². The summed E-state index contributed by atoms with van der Waals surface area (Å²) in [6.45, 7) is 0. The van der Waals surface area contributed by atoms with Gasteiger partial charge in [-0.05, 0) is 30.2 Å². The van der Waals surface area contributed by atoms with Gasteiger partial charge in [-0.2, -0.15) is 0 Å². The minimum absolute atomic E-state index is 0.0436. The van der Waals surface area contributed by atoms with E-state index in [0.717, 1.165) is 5.56 Å². The first-order chi connectivity index (χ1) is 9.20. The molecule has 98 valence electrons. The third-order valence-corrected chi connectivity index (χ3v) is 2.99. The Morgan fingerprint density at radius 1 is 1.16 bits per heavy atom. The van der Waals surface area contributed by atoms with Gasteiger partial charge in [0.2, 0.25) is 0 Å². The molecular weight excluding hydrogens is 240 g/mol. The van der Waals surface area contributed by atoms with Crippen molar-refractivity contribution in [2.45, 2.75) is 12.8 Å². The molecule has 0 saturated carbocycles. The first-order valence-corrected chi connectivity index (χ1v) is 6.15. The fourth-order valence-electron chi connectivity index (χ4n) is 1.90. The summed E-state index contributed by atoms with van der Waals surface area (Å²) in [6, 6.07) is 14.6. The maximum atomic E-state index is 12.1. The van der Waals surface area contributed by atoms with Crippen LogP contribution in [0.4, 0.5) is 0 Å². The number of methoxy groups -OCH3 is 1. The van der Waals surface area contributed by atoms with Gasteiger partial charge in [0.05, 0.1) is 7.11 Å². The normalized spacial score (nSPS) is 10.2.